The molecule has 3 N–H and O–H groups in total. The number of aromatic carboxylic acids is 1. The van der Waals surface area contributed by atoms with Crippen LogP contribution in [0.3, 0.4) is 0 Å². The maximum atomic E-state index is 10.3. The molecule has 0 atom stereocenters. The van der Waals surface area contributed by atoms with Crippen LogP contribution in [0.4, 0.5) is 5.69 Å². The van der Waals surface area contributed by atoms with Crippen LogP contribution in [0.25, 0.3) is 23.7 Å². The van der Waals surface area contributed by atoms with E-state index in [4.69, 9.17) is 16.6 Å². The molecule has 0 saturated carbocycles. The Morgan fingerprint density at radius 3 is 2.36 bits per heavy atom. The first kappa shape index (κ1) is 20.0. The van der Waals surface area contributed by atoms with E-state index < -0.39 is 5.97 Å². The Hall–Kier alpha value is -1.98. The van der Waals surface area contributed by atoms with Crippen molar-refractivity contribution in [2.75, 3.05) is 0 Å². The molecule has 1 aromatic carbocycles. The number of carboxylic acids is 1. The minimum absolute atomic E-state index is 0. The summed E-state index contributed by atoms with van der Waals surface area (Å²) in [5, 5.41) is 10.1. The normalized spacial score (nSPS) is 10.4. The van der Waals surface area contributed by atoms with Gasteiger partial charge < -0.3 is 16.6 Å². The number of pyridine rings is 1. The van der Waals surface area contributed by atoms with E-state index in [9.17, 15) is 4.79 Å². The van der Waals surface area contributed by atoms with Gasteiger partial charge >= 0.3 is 5.97 Å². The van der Waals surface area contributed by atoms with Crippen molar-refractivity contribution in [3.8, 4) is 0 Å². The van der Waals surface area contributed by atoms with Crippen LogP contribution in [0, 0.1) is 0 Å². The number of nitrogens with zero attached hydrogens (tertiary/aromatic N) is 1. The zero-order chi connectivity index (χ0) is 15.8. The third kappa shape index (κ3) is 5.79. The van der Waals surface area contributed by atoms with Gasteiger partial charge in [-0.15, -0.1) is 18.0 Å². The number of rotatable bonds is 2. The van der Waals surface area contributed by atoms with Crippen molar-refractivity contribution in [1.82, 2.24) is 4.98 Å². The van der Waals surface area contributed by atoms with Crippen LogP contribution in [-0.4, -0.2) is 16.1 Å². The Balaban J connectivity index is 0.000000385. The molecular weight excluding hydrogens is 355 g/mol. The first-order valence-corrected chi connectivity index (χ1v) is 5.98. The third-order valence-electron chi connectivity index (χ3n) is 2.56. The molecule has 22 heavy (non-hydrogen) atoms. The fourth-order valence-corrected chi connectivity index (χ4v) is 1.47. The predicted octanol–water partition coefficient (Wildman–Crippen LogP) is 2.90. The number of aromatic nitrogens is 1. The molecule has 2 rings (SSSR count). The zero-order valence-electron chi connectivity index (χ0n) is 11.9. The van der Waals surface area contributed by atoms with Crippen LogP contribution in [-0.2, 0) is 32.7 Å². The molecule has 111 valence electrons. The summed E-state index contributed by atoms with van der Waals surface area (Å²) in [4.78, 5) is 13.9. The Kier molecular flexibility index (Phi) is 8.98. The first-order chi connectivity index (χ1) is 9.97. The molecule has 5 nitrogen and oxygen atoms in total. The second kappa shape index (κ2) is 9.87. The quantitative estimate of drug-likeness (QED) is 0.880. The largest absolute Gasteiger partial charge is 0.698 e. The van der Waals surface area contributed by atoms with Crippen LogP contribution >= 0.6 is 0 Å². The van der Waals surface area contributed by atoms with Crippen molar-refractivity contribution in [3.05, 3.63) is 82.8 Å². The summed E-state index contributed by atoms with van der Waals surface area (Å²) in [6.07, 6.45) is 4.06. The Morgan fingerprint density at radius 2 is 1.91 bits per heavy atom. The molecule has 0 saturated heterocycles. The van der Waals surface area contributed by atoms with Crippen molar-refractivity contribution in [2.45, 2.75) is 0 Å². The molecule has 0 bridgehead atoms. The third-order valence-corrected chi connectivity index (χ3v) is 2.56. The standard InChI is InChI=1S/C10H10N.C6H5N2O2.Y/c1-3-10(11)9-7-5-4-6-8(9)2;7-5-3-8-2-1-4(5)6(9)10;/h3-7,11H,1-2H2;1-3,7H,(H,9,10);/q2*-1;/b10-9+;;. The van der Waals surface area contributed by atoms with E-state index in [1.807, 2.05) is 24.3 Å². The van der Waals surface area contributed by atoms with E-state index in [1.54, 1.807) is 0 Å². The Bertz CT molecular complexity index is 760. The summed E-state index contributed by atoms with van der Waals surface area (Å²) in [6.45, 7) is 7.33. The van der Waals surface area contributed by atoms with E-state index in [0.29, 0.717) is 5.70 Å². The van der Waals surface area contributed by atoms with Crippen LogP contribution in [0.1, 0.15) is 10.4 Å². The molecule has 0 aliphatic carbocycles. The van der Waals surface area contributed by atoms with Crippen LogP contribution in [0.15, 0.2) is 55.4 Å². The SMILES string of the molecule is C=C/C([NH-])=c1/ccccc1=C.[NH-]c1cnccc1C(=O)O.[Y]. The van der Waals surface area contributed by atoms with Gasteiger partial charge in [0.2, 0.25) is 0 Å². The zero-order valence-corrected chi connectivity index (χ0v) is 14.8. The van der Waals surface area contributed by atoms with Crippen LogP contribution < -0.4 is 10.4 Å². The molecule has 1 aromatic heterocycles. The van der Waals surface area contributed by atoms with Gasteiger partial charge in [0.05, 0.1) is 0 Å². The number of hydrogen-bond donors (Lipinski definition) is 1. The van der Waals surface area contributed by atoms with E-state index in [-0.39, 0.29) is 44.0 Å². The van der Waals surface area contributed by atoms with Gasteiger partial charge in [-0.05, 0) is 16.5 Å². The Labute approximate surface area is 153 Å². The Morgan fingerprint density at radius 1 is 1.27 bits per heavy atom. The minimum Gasteiger partial charge on any atom is -0.698 e. The molecule has 0 spiro atoms. The number of benzene rings is 1. The maximum Gasteiger partial charge on any atom is 0.334 e. The molecular formula is C16H15N3O2Y-2. The van der Waals surface area contributed by atoms with Gasteiger partial charge in [-0.1, -0.05) is 36.9 Å². The molecule has 1 radical (unpaired) electrons. The fourth-order valence-electron chi connectivity index (χ4n) is 1.47. The van der Waals surface area contributed by atoms with Gasteiger partial charge in [0, 0.05) is 50.7 Å². The molecule has 6 heteroatoms. The average Bonchev–Trinajstić information content (AvgIpc) is 2.48. The summed E-state index contributed by atoms with van der Waals surface area (Å²) in [6, 6.07) is 8.84. The van der Waals surface area contributed by atoms with Crippen LogP contribution in [0.5, 0.6) is 0 Å². The van der Waals surface area contributed by atoms with Crippen molar-refractivity contribution in [1.29, 1.82) is 0 Å². The van der Waals surface area contributed by atoms with E-state index >= 15 is 0 Å². The van der Waals surface area contributed by atoms with Crippen molar-refractivity contribution < 1.29 is 42.6 Å². The second-order valence-electron chi connectivity index (χ2n) is 4.00. The van der Waals surface area contributed by atoms with Crippen molar-refractivity contribution >= 4 is 23.9 Å². The predicted molar refractivity (Wildman–Crippen MR) is 84.3 cm³/mol. The maximum absolute atomic E-state index is 10.3. The van der Waals surface area contributed by atoms with Gasteiger partial charge in [-0.3, -0.25) is 4.98 Å². The van der Waals surface area contributed by atoms with Crippen LogP contribution in [0.2, 0.25) is 0 Å². The van der Waals surface area contributed by atoms with Gasteiger partial charge in [0.25, 0.3) is 0 Å². The number of carboxylic acid groups (broad SMARTS) is 1. The summed E-state index contributed by atoms with van der Waals surface area (Å²) < 4.78 is 0. The molecule has 0 aliphatic rings. The molecule has 2 aromatic rings. The first-order valence-electron chi connectivity index (χ1n) is 5.98. The van der Waals surface area contributed by atoms with Gasteiger partial charge in [-0.2, -0.15) is 0 Å². The van der Waals surface area contributed by atoms with Crippen molar-refractivity contribution in [2.24, 2.45) is 0 Å². The van der Waals surface area contributed by atoms with E-state index in [0.717, 1.165) is 10.4 Å². The molecule has 0 unspecified atom stereocenters. The van der Waals surface area contributed by atoms with Crippen molar-refractivity contribution in [3.63, 3.8) is 0 Å². The fraction of sp³-hybridized carbons (Fsp3) is 0. The second-order valence-corrected chi connectivity index (χ2v) is 4.00. The van der Waals surface area contributed by atoms with Gasteiger partial charge in [0.1, 0.15) is 0 Å². The number of nitrogens with one attached hydrogen (secondary N) is 2. The van der Waals surface area contributed by atoms with Gasteiger partial charge in [-0.25, -0.2) is 4.79 Å². The average molecular weight is 370 g/mol. The number of carbonyl (C=O) groups is 1. The van der Waals surface area contributed by atoms with E-state index in [2.05, 4.69) is 18.1 Å². The monoisotopic (exact) mass is 370 g/mol. The molecule has 0 aliphatic heterocycles. The molecule has 0 amide bonds. The number of hydrogen-bond acceptors (Lipinski definition) is 2. The summed E-state index contributed by atoms with van der Waals surface area (Å²) in [5.74, 6) is -1.09. The summed E-state index contributed by atoms with van der Waals surface area (Å²) >= 11 is 0. The van der Waals surface area contributed by atoms with E-state index in [1.165, 1.54) is 24.5 Å². The summed E-state index contributed by atoms with van der Waals surface area (Å²) in [7, 11) is 0. The van der Waals surface area contributed by atoms with Gasteiger partial charge in [0.15, 0.2) is 0 Å². The molecule has 1 heterocycles. The smallest absolute Gasteiger partial charge is 0.334 e. The molecule has 0 fully saturated rings. The summed E-state index contributed by atoms with van der Waals surface area (Å²) in [5.41, 5.74) is 14.9. The topological polar surface area (TPSA) is 97.8 Å². The minimum atomic E-state index is -1.09.